The van der Waals surface area contributed by atoms with Gasteiger partial charge in [0, 0.05) is 4.47 Å². The van der Waals surface area contributed by atoms with Gasteiger partial charge in [-0.25, -0.2) is 0 Å². The maximum atomic E-state index is 9.61. The van der Waals surface area contributed by atoms with Crippen molar-refractivity contribution in [3.8, 4) is 6.07 Å². The van der Waals surface area contributed by atoms with Crippen LogP contribution in [0.15, 0.2) is 114 Å². The van der Waals surface area contributed by atoms with Gasteiger partial charge in [0.1, 0.15) is 0 Å². The van der Waals surface area contributed by atoms with E-state index in [1.54, 1.807) is 0 Å². The lowest BCUT2D eigenvalue weighted by Crippen LogP contribution is -2.74. The topological polar surface area (TPSA) is 23.8 Å². The fraction of sp³-hybridized carbons (Fsp3) is 0. The molecule has 0 heterocycles. The summed E-state index contributed by atoms with van der Waals surface area (Å²) in [6.07, 6.45) is 0. The average Bonchev–Trinajstić information content (AvgIpc) is 2.76. The van der Waals surface area contributed by atoms with Crippen LogP contribution in [-0.4, -0.2) is 8.07 Å². The molecule has 4 aromatic carbocycles. The molecule has 0 amide bonds. The zero-order valence-electron chi connectivity index (χ0n) is 15.2. The van der Waals surface area contributed by atoms with Crippen molar-refractivity contribution in [1.29, 1.82) is 5.26 Å². The molecule has 0 aliphatic heterocycles. The molecule has 0 unspecified atom stereocenters. The molecular weight excluding hydrogens is 422 g/mol. The summed E-state index contributed by atoms with van der Waals surface area (Å²) in [6, 6.07) is 40.6. The van der Waals surface area contributed by atoms with E-state index in [1.165, 1.54) is 20.7 Å². The summed E-state index contributed by atoms with van der Waals surface area (Å²) in [6.45, 7) is 0. The molecule has 4 aromatic rings. The zero-order chi connectivity index (χ0) is 19.4. The van der Waals surface area contributed by atoms with Crippen LogP contribution in [0.1, 0.15) is 5.56 Å². The summed E-state index contributed by atoms with van der Waals surface area (Å²) < 4.78 is 0.932. The molecule has 0 bridgehead atoms. The molecule has 0 aliphatic carbocycles. The van der Waals surface area contributed by atoms with E-state index in [2.05, 4.69) is 125 Å². The Morgan fingerprint density at radius 2 is 1.00 bits per heavy atom. The van der Waals surface area contributed by atoms with Gasteiger partial charge in [-0.3, -0.25) is 0 Å². The molecule has 3 heteroatoms. The Bertz CT molecular complexity index is 1020. The quantitative estimate of drug-likeness (QED) is 0.351. The summed E-state index contributed by atoms with van der Waals surface area (Å²) in [5.74, 6) is 0. The third kappa shape index (κ3) is 3.22. The van der Waals surface area contributed by atoms with Crippen molar-refractivity contribution >= 4 is 44.8 Å². The Kier molecular flexibility index (Phi) is 5.25. The molecular formula is C25H18BrNSi. The second-order valence-corrected chi connectivity index (χ2v) is 11.4. The van der Waals surface area contributed by atoms with Crippen LogP contribution in [0.3, 0.4) is 0 Å². The van der Waals surface area contributed by atoms with Crippen LogP contribution >= 0.6 is 15.9 Å². The molecule has 0 saturated heterocycles. The predicted octanol–water partition coefficient (Wildman–Crippen LogP) is 3.70. The number of halogens is 1. The van der Waals surface area contributed by atoms with Crippen molar-refractivity contribution in [3.05, 3.63) is 119 Å². The summed E-state index contributed by atoms with van der Waals surface area (Å²) in [7, 11) is -2.56. The van der Waals surface area contributed by atoms with E-state index < -0.39 is 8.07 Å². The second-order valence-electron chi connectivity index (χ2n) is 6.69. The lowest BCUT2D eigenvalue weighted by Gasteiger charge is -2.34. The minimum atomic E-state index is -2.56. The minimum Gasteiger partial charge on any atom is -0.192 e. The van der Waals surface area contributed by atoms with Crippen molar-refractivity contribution in [3.63, 3.8) is 0 Å². The fourth-order valence-electron chi connectivity index (χ4n) is 3.94. The van der Waals surface area contributed by atoms with Gasteiger partial charge in [0.25, 0.3) is 0 Å². The van der Waals surface area contributed by atoms with E-state index in [-0.39, 0.29) is 0 Å². The SMILES string of the molecule is N#Cc1cc(Br)cc([Si](c2ccccc2)(c2ccccc2)c2ccccc2)c1. The highest BCUT2D eigenvalue weighted by molar-refractivity contribution is 9.10. The van der Waals surface area contributed by atoms with Gasteiger partial charge in [-0.15, -0.1) is 0 Å². The van der Waals surface area contributed by atoms with E-state index in [4.69, 9.17) is 0 Å². The average molecular weight is 440 g/mol. The second kappa shape index (κ2) is 7.98. The highest BCUT2D eigenvalue weighted by atomic mass is 79.9. The van der Waals surface area contributed by atoms with Crippen LogP contribution in [0, 0.1) is 11.3 Å². The van der Waals surface area contributed by atoms with Crippen LogP contribution in [0.2, 0.25) is 0 Å². The van der Waals surface area contributed by atoms with Crippen molar-refractivity contribution < 1.29 is 0 Å². The van der Waals surface area contributed by atoms with Gasteiger partial charge in [-0.2, -0.15) is 5.26 Å². The van der Waals surface area contributed by atoms with Crippen LogP contribution in [0.4, 0.5) is 0 Å². The number of hydrogen-bond donors (Lipinski definition) is 0. The minimum absolute atomic E-state index is 0.670. The Morgan fingerprint density at radius 3 is 1.39 bits per heavy atom. The maximum Gasteiger partial charge on any atom is 0.179 e. The highest BCUT2D eigenvalue weighted by Crippen LogP contribution is 2.15. The number of nitrogens with zero attached hydrogens (tertiary/aromatic N) is 1. The molecule has 0 aromatic heterocycles. The van der Waals surface area contributed by atoms with Crippen LogP contribution in [0.25, 0.3) is 0 Å². The molecule has 0 fully saturated rings. The molecule has 4 rings (SSSR count). The summed E-state index contributed by atoms with van der Waals surface area (Å²) >= 11 is 3.64. The summed E-state index contributed by atoms with van der Waals surface area (Å²) in [4.78, 5) is 0. The lowest BCUT2D eigenvalue weighted by molar-refractivity contribution is 1.48. The Balaban J connectivity index is 2.17. The first-order valence-electron chi connectivity index (χ1n) is 9.13. The third-order valence-corrected chi connectivity index (χ3v) is 10.3. The first-order valence-corrected chi connectivity index (χ1v) is 11.9. The normalized spacial score (nSPS) is 11.0. The first kappa shape index (κ1) is 18.4. The fourth-order valence-corrected chi connectivity index (χ4v) is 9.46. The Hall–Kier alpha value is -2.93. The smallest absolute Gasteiger partial charge is 0.179 e. The number of rotatable bonds is 4. The molecule has 134 valence electrons. The van der Waals surface area contributed by atoms with Gasteiger partial charge >= 0.3 is 0 Å². The van der Waals surface area contributed by atoms with E-state index in [9.17, 15) is 5.26 Å². The number of benzene rings is 4. The van der Waals surface area contributed by atoms with Gasteiger partial charge < -0.3 is 0 Å². The highest BCUT2D eigenvalue weighted by Gasteiger charge is 2.41. The molecule has 0 N–H and O–H groups in total. The maximum absolute atomic E-state index is 9.61. The summed E-state index contributed by atoms with van der Waals surface area (Å²) in [5.41, 5.74) is 0.670. The molecule has 0 spiro atoms. The van der Waals surface area contributed by atoms with Crippen molar-refractivity contribution in [1.82, 2.24) is 0 Å². The largest absolute Gasteiger partial charge is 0.192 e. The van der Waals surface area contributed by atoms with Crippen LogP contribution < -0.4 is 20.7 Å². The molecule has 1 nitrogen and oxygen atoms in total. The number of nitriles is 1. The molecule has 28 heavy (non-hydrogen) atoms. The van der Waals surface area contributed by atoms with E-state index in [0.29, 0.717) is 5.56 Å². The summed E-state index contributed by atoms with van der Waals surface area (Å²) in [5, 5.41) is 14.7. The third-order valence-electron chi connectivity index (χ3n) is 5.08. The van der Waals surface area contributed by atoms with Gasteiger partial charge in [-0.1, -0.05) is 107 Å². The van der Waals surface area contributed by atoms with Gasteiger partial charge in [-0.05, 0) is 38.9 Å². The van der Waals surface area contributed by atoms with Gasteiger partial charge in [0.2, 0.25) is 0 Å². The molecule has 0 saturated carbocycles. The van der Waals surface area contributed by atoms with E-state index in [1.807, 2.05) is 6.07 Å². The monoisotopic (exact) mass is 439 g/mol. The van der Waals surface area contributed by atoms with Crippen molar-refractivity contribution in [2.45, 2.75) is 0 Å². The van der Waals surface area contributed by atoms with E-state index in [0.717, 1.165) is 4.47 Å². The first-order chi connectivity index (χ1) is 13.7. The Morgan fingerprint density at radius 1 is 0.571 bits per heavy atom. The lowest BCUT2D eigenvalue weighted by atomic mass is 10.2. The standard InChI is InChI=1S/C25H18BrNSi/c26-21-16-20(19-27)17-25(18-21)28(22-10-4-1-5-11-22,23-12-6-2-7-13-23)24-14-8-3-9-15-24/h1-18H. The van der Waals surface area contributed by atoms with Gasteiger partial charge in [0.05, 0.1) is 11.6 Å². The Labute approximate surface area is 175 Å². The molecule has 0 radical (unpaired) electrons. The number of hydrogen-bond acceptors (Lipinski definition) is 1. The van der Waals surface area contributed by atoms with Crippen LogP contribution in [0.5, 0.6) is 0 Å². The zero-order valence-corrected chi connectivity index (χ0v) is 17.8. The van der Waals surface area contributed by atoms with Crippen molar-refractivity contribution in [2.24, 2.45) is 0 Å². The van der Waals surface area contributed by atoms with Crippen molar-refractivity contribution in [2.75, 3.05) is 0 Å². The van der Waals surface area contributed by atoms with E-state index >= 15 is 0 Å². The predicted molar refractivity (Wildman–Crippen MR) is 122 cm³/mol. The molecule has 0 aliphatic rings. The van der Waals surface area contributed by atoms with Gasteiger partial charge in [0.15, 0.2) is 8.07 Å². The van der Waals surface area contributed by atoms with Crippen LogP contribution in [-0.2, 0) is 0 Å². The molecule has 0 atom stereocenters.